The first-order chi connectivity index (χ1) is 10.4. The van der Waals surface area contributed by atoms with Crippen LogP contribution in [-0.4, -0.2) is 23.1 Å². The number of thioether (sulfide) groups is 1. The van der Waals surface area contributed by atoms with Crippen molar-refractivity contribution in [3.8, 4) is 0 Å². The molecular weight excluding hydrogens is 301 g/mol. The number of benzene rings is 1. The number of rotatable bonds is 3. The van der Waals surface area contributed by atoms with Crippen LogP contribution in [0.5, 0.6) is 0 Å². The zero-order chi connectivity index (χ0) is 15.5. The van der Waals surface area contributed by atoms with E-state index in [0.29, 0.717) is 5.92 Å². The molecule has 2 aliphatic carbocycles. The number of carbonyl (C=O) groups is 1. The standard InChI is InChI=1S/C18H22NO2S.Li/c1-17(2)13-9-10-18(17,3)15-14(13)19(16(20)21-15)11-22-12-7-5-4-6-8-12;/h4-8,11,13-15H,9-10H2,1-3H3;/q-1;+1/t13-,14-,15-,18+;/m1./s1. The quantitative estimate of drug-likeness (QED) is 0.480. The summed E-state index contributed by atoms with van der Waals surface area (Å²) < 4.78 is 5.80. The molecule has 0 unspecified atom stereocenters. The Morgan fingerprint density at radius 3 is 2.65 bits per heavy atom. The van der Waals surface area contributed by atoms with Gasteiger partial charge in [0.1, 0.15) is 6.10 Å². The summed E-state index contributed by atoms with van der Waals surface area (Å²) in [7, 11) is 0. The number of nitrogens with zero attached hydrogens (tertiary/aromatic N) is 1. The fraction of sp³-hybridized carbons (Fsp3) is 0.556. The second kappa shape index (κ2) is 5.76. The first-order valence-electron chi connectivity index (χ1n) is 7.99. The Labute approximate surface area is 154 Å². The molecule has 1 saturated heterocycles. The molecule has 1 aromatic carbocycles. The van der Waals surface area contributed by atoms with Gasteiger partial charge in [-0.3, -0.25) is 11.8 Å². The minimum atomic E-state index is -0.174. The molecule has 2 bridgehead atoms. The van der Waals surface area contributed by atoms with Crippen molar-refractivity contribution in [2.45, 2.75) is 50.7 Å². The van der Waals surface area contributed by atoms with Crippen LogP contribution in [-0.2, 0) is 4.74 Å². The van der Waals surface area contributed by atoms with Gasteiger partial charge in [-0.05, 0) is 29.1 Å². The smallest absolute Gasteiger partial charge is 0.445 e. The molecule has 3 nitrogen and oxygen atoms in total. The summed E-state index contributed by atoms with van der Waals surface area (Å²) in [6.45, 7) is 7.00. The van der Waals surface area contributed by atoms with Gasteiger partial charge in [-0.2, -0.15) is 5.88 Å². The molecule has 5 heteroatoms. The maximum absolute atomic E-state index is 12.3. The summed E-state index contributed by atoms with van der Waals surface area (Å²) >= 11 is 1.60. The molecular formula is C18H22LiNO2S. The van der Waals surface area contributed by atoms with Crippen LogP contribution in [0.25, 0.3) is 0 Å². The van der Waals surface area contributed by atoms with E-state index < -0.39 is 0 Å². The van der Waals surface area contributed by atoms with Gasteiger partial charge >= 0.3 is 25.0 Å². The minimum Gasteiger partial charge on any atom is -0.445 e. The Kier molecular flexibility index (Phi) is 4.32. The third-order valence-corrected chi connectivity index (χ3v) is 7.41. The second-order valence-electron chi connectivity index (χ2n) is 7.52. The van der Waals surface area contributed by atoms with Crippen molar-refractivity contribution in [3.05, 3.63) is 36.2 Å². The molecule has 1 heterocycles. The maximum atomic E-state index is 12.3. The Morgan fingerprint density at radius 1 is 1.26 bits per heavy atom. The van der Waals surface area contributed by atoms with E-state index in [4.69, 9.17) is 4.74 Å². The summed E-state index contributed by atoms with van der Waals surface area (Å²) in [5.74, 6) is 2.49. The third-order valence-electron chi connectivity index (χ3n) is 6.53. The van der Waals surface area contributed by atoms with Crippen LogP contribution in [0.2, 0.25) is 0 Å². The molecule has 4 rings (SSSR count). The van der Waals surface area contributed by atoms with Crippen LogP contribution >= 0.6 is 11.8 Å². The predicted octanol–water partition coefficient (Wildman–Crippen LogP) is 1.55. The Hall–Kier alpha value is -0.563. The van der Waals surface area contributed by atoms with Gasteiger partial charge in [-0.25, -0.2) is 4.79 Å². The van der Waals surface area contributed by atoms with Gasteiger partial charge in [0, 0.05) is 11.5 Å². The summed E-state index contributed by atoms with van der Waals surface area (Å²) in [6.07, 6.45) is 2.23. The molecule has 1 amide bonds. The number of fused-ring (bicyclic) bond motifs is 5. The van der Waals surface area contributed by atoms with Gasteiger partial charge in [0.15, 0.2) is 0 Å². The summed E-state index contributed by atoms with van der Waals surface area (Å²) in [4.78, 5) is 15.3. The van der Waals surface area contributed by atoms with E-state index in [9.17, 15) is 4.79 Å². The number of hydrogen-bond donors (Lipinski definition) is 0. The van der Waals surface area contributed by atoms with Crippen molar-refractivity contribution in [2.24, 2.45) is 16.7 Å². The van der Waals surface area contributed by atoms with Gasteiger partial charge in [-0.15, -0.1) is 0 Å². The van der Waals surface area contributed by atoms with E-state index in [0.717, 1.165) is 4.90 Å². The average molecular weight is 323 g/mol. The molecule has 1 aliphatic heterocycles. The van der Waals surface area contributed by atoms with E-state index in [1.54, 1.807) is 11.8 Å². The van der Waals surface area contributed by atoms with Crippen molar-refractivity contribution in [1.82, 2.24) is 4.90 Å². The molecule has 0 aromatic heterocycles. The number of amides is 1. The molecule has 2 saturated carbocycles. The molecule has 23 heavy (non-hydrogen) atoms. The number of carbonyl (C=O) groups excluding carboxylic acids is 1. The topological polar surface area (TPSA) is 29.5 Å². The van der Waals surface area contributed by atoms with Crippen molar-refractivity contribution >= 4 is 17.9 Å². The van der Waals surface area contributed by atoms with Crippen LogP contribution < -0.4 is 18.9 Å². The van der Waals surface area contributed by atoms with Crippen LogP contribution in [0, 0.1) is 22.6 Å². The maximum Gasteiger partial charge on any atom is 1.00 e. The molecule has 3 aliphatic rings. The number of ether oxygens (including phenoxy) is 1. The first-order valence-corrected chi connectivity index (χ1v) is 8.87. The zero-order valence-electron chi connectivity index (χ0n) is 14.3. The van der Waals surface area contributed by atoms with Gasteiger partial charge < -0.3 is 9.64 Å². The second-order valence-corrected chi connectivity index (χ2v) is 8.44. The summed E-state index contributed by atoms with van der Waals surface area (Å²) in [5, 5.41) is 0. The Morgan fingerprint density at radius 2 is 1.96 bits per heavy atom. The van der Waals surface area contributed by atoms with Crippen LogP contribution in [0.1, 0.15) is 33.6 Å². The van der Waals surface area contributed by atoms with E-state index in [1.807, 2.05) is 29.0 Å². The fourth-order valence-electron chi connectivity index (χ4n) is 4.82. The fourth-order valence-corrected chi connectivity index (χ4v) is 5.59. The molecule has 0 N–H and O–H groups in total. The average Bonchev–Trinajstić information content (AvgIpc) is 3.00. The molecule has 3 fully saturated rings. The SMILES string of the molecule is CC1(C)[C@@H]2CC[C@@]1(C)[C@@H]1OC(=O)N([CH-]Sc3ccccc3)[C@H]21.[Li+]. The van der Waals surface area contributed by atoms with Crippen molar-refractivity contribution in [1.29, 1.82) is 0 Å². The van der Waals surface area contributed by atoms with E-state index in [2.05, 4.69) is 32.9 Å². The van der Waals surface area contributed by atoms with E-state index >= 15 is 0 Å². The monoisotopic (exact) mass is 323 g/mol. The molecule has 0 spiro atoms. The molecule has 4 atom stereocenters. The van der Waals surface area contributed by atoms with E-state index in [-0.39, 0.29) is 47.9 Å². The normalized spacial score (nSPS) is 36.6. The summed E-state index contributed by atoms with van der Waals surface area (Å²) in [6, 6.07) is 10.4. The Bertz CT molecular complexity index is 608. The zero-order valence-corrected chi connectivity index (χ0v) is 15.1. The van der Waals surface area contributed by atoms with Crippen molar-refractivity contribution in [3.63, 3.8) is 0 Å². The van der Waals surface area contributed by atoms with Gasteiger partial charge in [0.05, 0.1) is 0 Å². The van der Waals surface area contributed by atoms with Crippen LogP contribution in [0.3, 0.4) is 0 Å². The molecule has 118 valence electrons. The first kappa shape index (κ1) is 17.3. The van der Waals surface area contributed by atoms with Crippen molar-refractivity contribution < 1.29 is 28.4 Å². The van der Waals surface area contributed by atoms with Crippen LogP contribution in [0.15, 0.2) is 35.2 Å². The number of hydrogen-bond acceptors (Lipinski definition) is 3. The largest absolute Gasteiger partial charge is 1.00 e. The van der Waals surface area contributed by atoms with Gasteiger partial charge in [0.2, 0.25) is 0 Å². The van der Waals surface area contributed by atoms with Gasteiger partial charge in [-0.1, -0.05) is 51.1 Å². The minimum absolute atomic E-state index is 0. The van der Waals surface area contributed by atoms with Crippen molar-refractivity contribution in [2.75, 3.05) is 0 Å². The Balaban J connectivity index is 0.00000156. The van der Waals surface area contributed by atoms with Crippen LogP contribution in [0.4, 0.5) is 4.79 Å². The van der Waals surface area contributed by atoms with Gasteiger partial charge in [0.25, 0.3) is 0 Å². The third kappa shape index (κ3) is 2.29. The molecule has 0 radical (unpaired) electrons. The predicted molar refractivity (Wildman–Crippen MR) is 87.1 cm³/mol. The molecule has 1 aromatic rings. The summed E-state index contributed by atoms with van der Waals surface area (Å²) in [5.41, 5.74) is 0.338. The van der Waals surface area contributed by atoms with E-state index in [1.165, 1.54) is 12.8 Å².